The molecule has 0 N–H and O–H groups in total. The number of rotatable bonds is 5. The van der Waals surface area contributed by atoms with Crippen LogP contribution in [0.25, 0.3) is 0 Å². The van der Waals surface area contributed by atoms with Gasteiger partial charge in [0.05, 0.1) is 0 Å². The molecular formula is C12H23. The standard InChI is InChI=1S/C12H23/c1-6-8-12(9-7-2)11(5)10(3)4/h8,10-11H,1,6-7,9H2,2-5H3. The van der Waals surface area contributed by atoms with Gasteiger partial charge in [0.1, 0.15) is 0 Å². The third kappa shape index (κ3) is 3.94. The molecule has 0 aromatic heterocycles. The van der Waals surface area contributed by atoms with Crippen LogP contribution in [-0.4, -0.2) is 0 Å². The predicted octanol–water partition coefficient (Wildman–Crippen LogP) is 4.23. The number of hydrogen-bond acceptors (Lipinski definition) is 0. The van der Waals surface area contributed by atoms with Crippen molar-refractivity contribution in [3.8, 4) is 0 Å². The van der Waals surface area contributed by atoms with Gasteiger partial charge in [0.25, 0.3) is 0 Å². The first-order valence-electron chi connectivity index (χ1n) is 5.11. The maximum absolute atomic E-state index is 3.87. The van der Waals surface area contributed by atoms with Crippen molar-refractivity contribution in [3.05, 3.63) is 18.6 Å². The largest absolute Gasteiger partial charge is 0.0851 e. The van der Waals surface area contributed by atoms with Crippen LogP contribution in [0.2, 0.25) is 0 Å². The second-order valence-electron chi connectivity index (χ2n) is 3.85. The maximum atomic E-state index is 3.87. The summed E-state index contributed by atoms with van der Waals surface area (Å²) in [6.45, 7) is 13.0. The van der Waals surface area contributed by atoms with E-state index < -0.39 is 0 Å². The second-order valence-corrected chi connectivity index (χ2v) is 3.85. The van der Waals surface area contributed by atoms with Crippen LogP contribution in [0.4, 0.5) is 0 Å². The Balaban J connectivity index is 4.19. The first kappa shape index (κ1) is 11.7. The first-order valence-corrected chi connectivity index (χ1v) is 5.11. The molecule has 0 spiro atoms. The average Bonchev–Trinajstić information content (AvgIpc) is 2.03. The molecule has 0 aliphatic carbocycles. The molecular weight excluding hydrogens is 144 g/mol. The Labute approximate surface area is 78.1 Å². The van der Waals surface area contributed by atoms with Crippen molar-refractivity contribution in [1.29, 1.82) is 0 Å². The summed E-state index contributed by atoms with van der Waals surface area (Å²) in [6.07, 6.45) is 5.73. The minimum absolute atomic E-state index is 0.728. The number of hydrogen-bond donors (Lipinski definition) is 0. The normalized spacial score (nSPS) is 15.3. The molecule has 0 saturated carbocycles. The maximum Gasteiger partial charge on any atom is -0.0209 e. The van der Waals surface area contributed by atoms with Crippen LogP contribution in [0.1, 0.15) is 47.0 Å². The lowest BCUT2D eigenvalue weighted by molar-refractivity contribution is 0.464. The summed E-state index contributed by atoms with van der Waals surface area (Å²) >= 11 is 0. The molecule has 0 fully saturated rings. The van der Waals surface area contributed by atoms with Crippen molar-refractivity contribution in [2.75, 3.05) is 0 Å². The van der Waals surface area contributed by atoms with Gasteiger partial charge in [-0.05, 0) is 31.6 Å². The van der Waals surface area contributed by atoms with E-state index in [1.54, 1.807) is 5.57 Å². The van der Waals surface area contributed by atoms with Gasteiger partial charge in [-0.2, -0.15) is 0 Å². The molecule has 0 aliphatic heterocycles. The van der Waals surface area contributed by atoms with Crippen LogP contribution in [0.5, 0.6) is 0 Å². The molecule has 0 nitrogen and oxygen atoms in total. The van der Waals surface area contributed by atoms with Crippen LogP contribution in [0.3, 0.4) is 0 Å². The fourth-order valence-corrected chi connectivity index (χ4v) is 1.42. The zero-order valence-corrected chi connectivity index (χ0v) is 9.06. The van der Waals surface area contributed by atoms with E-state index >= 15 is 0 Å². The summed E-state index contributed by atoms with van der Waals surface area (Å²) in [4.78, 5) is 0. The van der Waals surface area contributed by atoms with E-state index in [2.05, 4.69) is 40.7 Å². The van der Waals surface area contributed by atoms with Gasteiger partial charge in [-0.15, -0.1) is 0 Å². The minimum atomic E-state index is 0.728. The highest BCUT2D eigenvalue weighted by molar-refractivity contribution is 5.06. The zero-order chi connectivity index (χ0) is 9.56. The summed E-state index contributed by atoms with van der Waals surface area (Å²) < 4.78 is 0. The van der Waals surface area contributed by atoms with E-state index in [0.717, 1.165) is 18.3 Å². The van der Waals surface area contributed by atoms with Crippen molar-refractivity contribution in [3.63, 3.8) is 0 Å². The van der Waals surface area contributed by atoms with E-state index in [1.165, 1.54) is 12.8 Å². The summed E-state index contributed by atoms with van der Waals surface area (Å²) in [5.74, 6) is 1.49. The lowest BCUT2D eigenvalue weighted by atomic mass is 9.87. The van der Waals surface area contributed by atoms with Gasteiger partial charge < -0.3 is 0 Å². The lowest BCUT2D eigenvalue weighted by Gasteiger charge is -2.19. The van der Waals surface area contributed by atoms with Crippen LogP contribution in [0.15, 0.2) is 11.6 Å². The van der Waals surface area contributed by atoms with Crippen LogP contribution >= 0.6 is 0 Å². The summed E-state index contributed by atoms with van der Waals surface area (Å²) in [5, 5.41) is 0. The Morgan fingerprint density at radius 1 is 1.33 bits per heavy atom. The highest BCUT2D eigenvalue weighted by Crippen LogP contribution is 2.23. The Kier molecular flexibility index (Phi) is 6.14. The fourth-order valence-electron chi connectivity index (χ4n) is 1.42. The molecule has 0 aromatic rings. The molecule has 0 heterocycles. The summed E-state index contributed by atoms with van der Waals surface area (Å²) in [7, 11) is 0. The lowest BCUT2D eigenvalue weighted by Crippen LogP contribution is -2.07. The van der Waals surface area contributed by atoms with Gasteiger partial charge in [-0.3, -0.25) is 0 Å². The quantitative estimate of drug-likeness (QED) is 0.537. The van der Waals surface area contributed by atoms with Crippen LogP contribution in [-0.2, 0) is 0 Å². The van der Waals surface area contributed by atoms with E-state index in [-0.39, 0.29) is 0 Å². The Morgan fingerprint density at radius 2 is 1.92 bits per heavy atom. The molecule has 1 radical (unpaired) electrons. The average molecular weight is 167 g/mol. The van der Waals surface area contributed by atoms with E-state index in [0.29, 0.717) is 0 Å². The Bertz CT molecular complexity index is 131. The van der Waals surface area contributed by atoms with E-state index in [9.17, 15) is 0 Å². The van der Waals surface area contributed by atoms with Gasteiger partial charge in [-0.25, -0.2) is 0 Å². The molecule has 71 valence electrons. The molecule has 0 aliphatic rings. The molecule has 0 bridgehead atoms. The molecule has 0 amide bonds. The second kappa shape index (κ2) is 6.28. The van der Waals surface area contributed by atoms with Crippen molar-refractivity contribution in [1.82, 2.24) is 0 Å². The van der Waals surface area contributed by atoms with Gasteiger partial charge in [0, 0.05) is 0 Å². The van der Waals surface area contributed by atoms with Crippen molar-refractivity contribution >= 4 is 0 Å². The Morgan fingerprint density at radius 3 is 2.25 bits per heavy atom. The fraction of sp³-hybridized carbons (Fsp3) is 0.750. The predicted molar refractivity (Wildman–Crippen MR) is 57.0 cm³/mol. The summed E-state index contributed by atoms with van der Waals surface area (Å²) in [5.41, 5.74) is 1.60. The molecule has 0 saturated heterocycles. The van der Waals surface area contributed by atoms with Gasteiger partial charge in [0.15, 0.2) is 0 Å². The topological polar surface area (TPSA) is 0 Å². The number of allylic oxidation sites excluding steroid dienone is 2. The monoisotopic (exact) mass is 167 g/mol. The summed E-state index contributed by atoms with van der Waals surface area (Å²) in [6, 6.07) is 0. The first-order chi connectivity index (χ1) is 5.63. The smallest absolute Gasteiger partial charge is 0.0209 e. The minimum Gasteiger partial charge on any atom is -0.0851 e. The highest BCUT2D eigenvalue weighted by Gasteiger charge is 2.10. The van der Waals surface area contributed by atoms with Crippen molar-refractivity contribution in [2.24, 2.45) is 11.8 Å². The van der Waals surface area contributed by atoms with Crippen molar-refractivity contribution < 1.29 is 0 Å². The van der Waals surface area contributed by atoms with Crippen LogP contribution < -0.4 is 0 Å². The molecule has 0 heteroatoms. The molecule has 0 rings (SSSR count). The zero-order valence-electron chi connectivity index (χ0n) is 9.06. The van der Waals surface area contributed by atoms with Gasteiger partial charge in [0.2, 0.25) is 0 Å². The third-order valence-corrected chi connectivity index (χ3v) is 2.53. The van der Waals surface area contributed by atoms with Gasteiger partial charge >= 0.3 is 0 Å². The van der Waals surface area contributed by atoms with Gasteiger partial charge in [-0.1, -0.05) is 45.8 Å². The van der Waals surface area contributed by atoms with E-state index in [4.69, 9.17) is 0 Å². The molecule has 1 unspecified atom stereocenters. The van der Waals surface area contributed by atoms with E-state index in [1.807, 2.05) is 0 Å². The molecule has 12 heavy (non-hydrogen) atoms. The van der Waals surface area contributed by atoms with Crippen LogP contribution in [0, 0.1) is 18.8 Å². The molecule has 1 atom stereocenters. The Hall–Kier alpha value is -0.260. The van der Waals surface area contributed by atoms with Crippen molar-refractivity contribution in [2.45, 2.75) is 47.0 Å². The molecule has 0 aromatic carbocycles. The highest BCUT2D eigenvalue weighted by atomic mass is 14.2. The third-order valence-electron chi connectivity index (χ3n) is 2.53. The SMILES string of the molecule is [CH2]CC=C(CCC)C(C)C(C)C.